The fourth-order valence-corrected chi connectivity index (χ4v) is 11.2. The molecule has 10 aromatic carbocycles. The zero-order valence-electron chi connectivity index (χ0n) is 68.7. The summed E-state index contributed by atoms with van der Waals surface area (Å²) in [6.07, 6.45) is 16.3. The van der Waals surface area contributed by atoms with E-state index in [0.717, 1.165) is 89.4 Å². The maximum absolute atomic E-state index is 11.4. The molecule has 12 heteroatoms. The normalized spacial score (nSPS) is 11.7. The van der Waals surface area contributed by atoms with Gasteiger partial charge in [0, 0.05) is 48.7 Å². The molecule has 12 rings (SSSR count). The van der Waals surface area contributed by atoms with Crippen molar-refractivity contribution in [3.05, 3.63) is 326 Å². The average Bonchev–Trinajstić information content (AvgIpc) is 1.78. The zero-order valence-corrected chi connectivity index (χ0v) is 71.2. The van der Waals surface area contributed by atoms with Crippen LogP contribution in [0, 0.1) is 62.3 Å². The van der Waals surface area contributed by atoms with Gasteiger partial charge in [-0.25, -0.2) is 0 Å². The summed E-state index contributed by atoms with van der Waals surface area (Å²) in [4.78, 5) is 5.26. The lowest BCUT2D eigenvalue weighted by Gasteiger charge is -2.11. The Bertz CT molecular complexity index is 3910. The Hall–Kier alpha value is -9.04. The molecule has 0 radical (unpaired) electrons. The average molecular weight is 1510 g/mol. The van der Waals surface area contributed by atoms with E-state index in [1.807, 2.05) is 150 Å². The number of hydrogen-bond donors (Lipinski definition) is 1. The van der Waals surface area contributed by atoms with Gasteiger partial charge in [0.1, 0.15) is 35.0 Å². The smallest absolute Gasteiger partial charge is 0.189 e. The van der Waals surface area contributed by atoms with Crippen LogP contribution in [0.2, 0.25) is 0 Å². The van der Waals surface area contributed by atoms with Crippen LogP contribution >= 0.6 is 11.8 Å². The first-order valence-corrected chi connectivity index (χ1v) is 41.3. The monoisotopic (exact) mass is 1500 g/mol. The molecule has 0 fully saturated rings. The van der Waals surface area contributed by atoms with Crippen molar-refractivity contribution >= 4 is 44.0 Å². The van der Waals surface area contributed by atoms with Crippen LogP contribution in [-0.2, 0) is 51.1 Å². The summed E-state index contributed by atoms with van der Waals surface area (Å²) >= 11 is 1.19. The van der Waals surface area contributed by atoms with Crippen LogP contribution in [-0.4, -0.2) is 89.7 Å². The van der Waals surface area contributed by atoms with E-state index in [-0.39, 0.29) is 0 Å². The molecule has 10 aromatic rings. The molecule has 1 aliphatic heterocycles. The minimum Gasteiger partial charge on any atom is -0.501 e. The standard InChI is InChI=1S/C9H13N.C9H12OS.C9H10O.3C9H12O.C9H12.C8H11OS.C8H12O.C8H10O.C8H10S/c1-8-4-6-9(7-5-8)10(2)3;1-8-4-6-9(7-5-8)11(2,3)10;1-7-2-3-9-8(6-7)4-5-10-9;1-7-4-5-9(10-3)8(2)6-7;2*1-3-8-4-6-9(10-2)7-5-8;1-3-9-6-4-8(2)5-7-9;1-7-3-5-8(6-4-7)10(2)9;3*1-7-3-5-8(9-2)6-4-7/h4-7H,1-3H3;4-7H,2H2,1,3H3;2-3,6H,4-5H2,1H3;4-6H,1-3H3;2*4-7H,3H2,1-2H3;4-7H,3H2,1-2H3;3-6,9H,1-2H3;3,5H,4,6H2,1-2H3;2*3-6H,1-2H3/q;;;;;;;+1;;;. The van der Waals surface area contributed by atoms with Crippen LogP contribution in [0.15, 0.2) is 269 Å². The minimum atomic E-state index is -2.02. The third kappa shape index (κ3) is 41.6. The number of fused-ring (bicyclic) bond motifs is 1. The van der Waals surface area contributed by atoms with Crippen LogP contribution in [0.5, 0.6) is 28.7 Å². The summed E-state index contributed by atoms with van der Waals surface area (Å²) < 4.78 is 51.0. The molecule has 0 saturated heterocycles. The number of methoxy groups -OCH3 is 5. The first kappa shape index (κ1) is 94.0. The van der Waals surface area contributed by atoms with Crippen molar-refractivity contribution in [2.75, 3.05) is 79.9 Å². The maximum atomic E-state index is 11.4. The fourth-order valence-electron chi connectivity index (χ4n) is 9.54. The summed E-state index contributed by atoms with van der Waals surface area (Å²) in [7, 11) is 10.5. The van der Waals surface area contributed by atoms with Gasteiger partial charge >= 0.3 is 0 Å². The molecule has 2 unspecified atom stereocenters. The van der Waals surface area contributed by atoms with Gasteiger partial charge in [0.05, 0.1) is 47.9 Å². The highest BCUT2D eigenvalue weighted by atomic mass is 32.2. The van der Waals surface area contributed by atoms with E-state index in [2.05, 4.69) is 214 Å². The molecular formula is C95H126NO8S3+. The molecule has 1 heterocycles. The van der Waals surface area contributed by atoms with Gasteiger partial charge in [0.2, 0.25) is 0 Å². The van der Waals surface area contributed by atoms with Gasteiger partial charge in [-0.3, -0.25) is 4.21 Å². The van der Waals surface area contributed by atoms with Gasteiger partial charge in [0.15, 0.2) is 16.1 Å². The molecule has 2 atom stereocenters. The third-order valence-corrected chi connectivity index (χ3v) is 19.6. The van der Waals surface area contributed by atoms with Crippen LogP contribution in [0.4, 0.5) is 5.69 Å². The lowest BCUT2D eigenvalue weighted by molar-refractivity contribution is 0.275. The Kier molecular flexibility index (Phi) is 47.2. The number of thioether (sulfide) groups is 1. The Balaban J connectivity index is 0.000000400. The van der Waals surface area contributed by atoms with E-state index < -0.39 is 20.7 Å². The highest BCUT2D eigenvalue weighted by Gasteiger charge is 2.11. The van der Waals surface area contributed by atoms with Crippen molar-refractivity contribution in [2.24, 2.45) is 0 Å². The molecule has 0 aromatic heterocycles. The molecule has 1 N–H and O–H groups in total. The molecule has 576 valence electrons. The molecule has 1 aliphatic carbocycles. The summed E-state index contributed by atoms with van der Waals surface area (Å²) in [5.41, 5.74) is 19.6. The lowest BCUT2D eigenvalue weighted by Crippen LogP contribution is -2.07. The van der Waals surface area contributed by atoms with E-state index in [0.29, 0.717) is 0 Å². The number of benzene rings is 10. The Labute approximate surface area is 655 Å². The quantitative estimate of drug-likeness (QED) is 0.0724. The number of rotatable bonds is 12. The van der Waals surface area contributed by atoms with Crippen LogP contribution < -0.4 is 28.6 Å². The molecular weight excluding hydrogens is 1380 g/mol. The van der Waals surface area contributed by atoms with Crippen molar-refractivity contribution in [2.45, 2.75) is 143 Å². The minimum absolute atomic E-state index is 0.587. The van der Waals surface area contributed by atoms with Crippen LogP contribution in [0.25, 0.3) is 0 Å². The Morgan fingerprint density at radius 3 is 1.20 bits per heavy atom. The van der Waals surface area contributed by atoms with Gasteiger partial charge in [0.25, 0.3) is 0 Å². The first-order chi connectivity index (χ1) is 51.0. The van der Waals surface area contributed by atoms with Crippen molar-refractivity contribution < 1.29 is 37.2 Å². The lowest BCUT2D eigenvalue weighted by atomic mass is 10.1. The fraction of sp³-hybridized carbons (Fsp3) is 0.316. The first-order valence-electron chi connectivity index (χ1n) is 36.3. The molecule has 0 amide bonds. The van der Waals surface area contributed by atoms with E-state index in [1.54, 1.807) is 59.8 Å². The number of ether oxygens (including phenoxy) is 6. The summed E-state index contributed by atoms with van der Waals surface area (Å²) in [5, 5.41) is 0. The number of allylic oxidation sites excluding steroid dienone is 4. The second-order valence-electron chi connectivity index (χ2n) is 26.1. The van der Waals surface area contributed by atoms with Gasteiger partial charge in [-0.2, -0.15) is 4.55 Å². The summed E-state index contributed by atoms with van der Waals surface area (Å²) in [6.45, 7) is 28.1. The molecule has 0 bridgehead atoms. The Morgan fingerprint density at radius 2 is 0.832 bits per heavy atom. The van der Waals surface area contributed by atoms with Crippen molar-refractivity contribution in [3.63, 3.8) is 0 Å². The third-order valence-electron chi connectivity index (χ3n) is 16.6. The topological polar surface area (TPSA) is 95.9 Å². The largest absolute Gasteiger partial charge is 0.501 e. The molecule has 9 nitrogen and oxygen atoms in total. The predicted octanol–water partition coefficient (Wildman–Crippen LogP) is 24.1. The number of nitrogens with zero attached hydrogens (tertiary/aromatic N) is 1. The van der Waals surface area contributed by atoms with E-state index in [4.69, 9.17) is 33.0 Å². The van der Waals surface area contributed by atoms with Gasteiger partial charge in [-0.05, 0) is 248 Å². The van der Waals surface area contributed by atoms with Crippen LogP contribution in [0.3, 0.4) is 0 Å². The molecule has 0 saturated carbocycles. The molecule has 0 spiro atoms. The maximum Gasteiger partial charge on any atom is 0.189 e. The second kappa shape index (κ2) is 53.7. The number of hydrogen-bond acceptors (Lipinski definition) is 10. The van der Waals surface area contributed by atoms with Crippen LogP contribution in [0.1, 0.15) is 113 Å². The van der Waals surface area contributed by atoms with Crippen molar-refractivity contribution in [3.8, 4) is 28.7 Å². The Morgan fingerprint density at radius 1 is 0.458 bits per heavy atom. The zero-order chi connectivity index (χ0) is 79.7. The van der Waals surface area contributed by atoms with Crippen molar-refractivity contribution in [1.82, 2.24) is 0 Å². The second-order valence-corrected chi connectivity index (χ2v) is 30.9. The van der Waals surface area contributed by atoms with Crippen molar-refractivity contribution in [1.29, 1.82) is 0 Å². The summed E-state index contributed by atoms with van der Waals surface area (Å²) in [6, 6.07) is 77.9. The highest BCUT2D eigenvalue weighted by Crippen LogP contribution is 2.26. The number of anilines is 1. The van der Waals surface area contributed by atoms with E-state index in [9.17, 15) is 4.21 Å². The van der Waals surface area contributed by atoms with E-state index >= 15 is 0 Å². The highest BCUT2D eigenvalue weighted by molar-refractivity contribution is 7.99. The van der Waals surface area contributed by atoms with Gasteiger partial charge < -0.3 is 33.3 Å². The molecule has 107 heavy (non-hydrogen) atoms. The van der Waals surface area contributed by atoms with Gasteiger partial charge in [-0.15, -0.1) is 11.8 Å². The number of aryl methyl sites for hydroxylation is 12. The SMILES string of the molecule is C=S(C)(=O)c1ccc(C)cc1.CCc1ccc(C)cc1.CCc1ccc(OC)cc1.CCc1ccc(OC)cc1.COC1=CC=C(C)CC1.COc1ccc(C)cc1.COc1ccc(C)cc1C.CSc1ccc(C)cc1.Cc1ccc(N(C)C)cc1.Cc1ccc([S+](C)O)cc1.Cc1ccc2c(c1)CCO2. The van der Waals surface area contributed by atoms with E-state index in [1.165, 1.54) is 88.5 Å². The predicted molar refractivity (Wildman–Crippen MR) is 468 cm³/mol. The molecule has 2 aliphatic rings. The van der Waals surface area contributed by atoms with Gasteiger partial charge in [-0.1, -0.05) is 210 Å². The summed E-state index contributed by atoms with van der Waals surface area (Å²) in [5.74, 6) is 9.51.